The second-order valence-electron chi connectivity index (χ2n) is 7.08. The fraction of sp³-hybridized carbons (Fsp3) is 0.333. The second kappa shape index (κ2) is 9.55. The molecule has 0 radical (unpaired) electrons. The maximum Gasteiger partial charge on any atom is 0.255 e. The molecule has 1 unspecified atom stereocenters. The Morgan fingerprint density at radius 1 is 1.23 bits per heavy atom. The third kappa shape index (κ3) is 5.36. The first-order chi connectivity index (χ1) is 14.3. The molecule has 160 valence electrons. The summed E-state index contributed by atoms with van der Waals surface area (Å²) in [7, 11) is 0. The number of nitrogens with zero attached hydrogens (tertiary/aromatic N) is 1. The minimum absolute atomic E-state index is 0.229. The molecule has 1 aromatic carbocycles. The second-order valence-corrected chi connectivity index (χ2v) is 7.89. The molecule has 1 atom stereocenters. The van der Waals surface area contributed by atoms with Gasteiger partial charge in [-0.1, -0.05) is 30.1 Å². The van der Waals surface area contributed by atoms with Gasteiger partial charge in [0.2, 0.25) is 0 Å². The van der Waals surface area contributed by atoms with E-state index in [2.05, 4.69) is 15.8 Å². The van der Waals surface area contributed by atoms with Crippen molar-refractivity contribution in [2.24, 2.45) is 0 Å². The molecule has 0 saturated heterocycles. The lowest BCUT2D eigenvalue weighted by Crippen LogP contribution is -2.33. The van der Waals surface area contributed by atoms with Crippen molar-refractivity contribution >= 4 is 34.8 Å². The number of ether oxygens (including phenoxy) is 2. The van der Waals surface area contributed by atoms with E-state index in [1.807, 2.05) is 26.8 Å². The molecular formula is C21H23Cl2N3O4. The number of amides is 1. The fourth-order valence-corrected chi connectivity index (χ4v) is 3.28. The normalized spacial score (nSPS) is 17.8. The highest BCUT2D eigenvalue weighted by Crippen LogP contribution is 2.33. The Morgan fingerprint density at radius 3 is 2.60 bits per heavy atom. The number of carbonyl (C=O) groups excluding carboxylic acids is 1. The summed E-state index contributed by atoms with van der Waals surface area (Å²) in [6, 6.07) is 4.97. The fourth-order valence-electron chi connectivity index (χ4n) is 2.82. The molecule has 30 heavy (non-hydrogen) atoms. The maximum absolute atomic E-state index is 12.8. The van der Waals surface area contributed by atoms with Crippen LogP contribution in [0.25, 0.3) is 0 Å². The largest absolute Gasteiger partial charge is 0.490 e. The highest BCUT2D eigenvalue weighted by Gasteiger charge is 2.30. The highest BCUT2D eigenvalue weighted by molar-refractivity contribution is 6.39. The Morgan fingerprint density at radius 2 is 1.97 bits per heavy atom. The molecule has 0 saturated carbocycles. The predicted octanol–water partition coefficient (Wildman–Crippen LogP) is 5.01. The summed E-state index contributed by atoms with van der Waals surface area (Å²) in [5.74, 6) is 0.590. The van der Waals surface area contributed by atoms with Crippen LogP contribution in [0, 0.1) is 0 Å². The van der Waals surface area contributed by atoms with E-state index in [9.17, 15) is 4.79 Å². The SMILES string of the molecule is CCCOc1ccc(C(=O)Nc2c(Cl)cncc2Cl)cc1OCC1(C)C=C(C)NO1. The molecule has 0 fully saturated rings. The molecule has 1 aromatic heterocycles. The number of aromatic nitrogens is 1. The third-order valence-electron chi connectivity index (χ3n) is 4.24. The standard InChI is InChI=1S/C21H23Cl2N3O4/c1-4-7-28-17-6-5-14(20(27)25-19-15(22)10-24-11-16(19)23)8-18(17)29-12-21(3)9-13(2)26-30-21/h5-6,8-11,26H,4,7,12H2,1-3H3,(H,24,25,27). The molecule has 9 heteroatoms. The summed E-state index contributed by atoms with van der Waals surface area (Å²) < 4.78 is 11.7. The van der Waals surface area contributed by atoms with Gasteiger partial charge in [0.1, 0.15) is 12.2 Å². The van der Waals surface area contributed by atoms with Gasteiger partial charge in [0.15, 0.2) is 11.5 Å². The molecule has 0 spiro atoms. The molecule has 2 N–H and O–H groups in total. The van der Waals surface area contributed by atoms with E-state index in [1.54, 1.807) is 18.2 Å². The molecule has 1 aliphatic rings. The van der Waals surface area contributed by atoms with Crippen molar-refractivity contribution in [2.75, 3.05) is 18.5 Å². The summed E-state index contributed by atoms with van der Waals surface area (Å²) in [6.07, 6.45) is 5.59. The first kappa shape index (κ1) is 22.2. The lowest BCUT2D eigenvalue weighted by molar-refractivity contribution is -0.0526. The van der Waals surface area contributed by atoms with E-state index < -0.39 is 11.5 Å². The Hall–Kier alpha value is -2.48. The van der Waals surface area contributed by atoms with Crippen LogP contribution < -0.4 is 20.3 Å². The van der Waals surface area contributed by atoms with Gasteiger partial charge in [-0.05, 0) is 44.5 Å². The van der Waals surface area contributed by atoms with Crippen molar-refractivity contribution in [3.8, 4) is 11.5 Å². The highest BCUT2D eigenvalue weighted by atomic mass is 35.5. The number of allylic oxidation sites excluding steroid dienone is 1. The number of halogens is 2. The van der Waals surface area contributed by atoms with Crippen molar-refractivity contribution in [3.05, 3.63) is 58.0 Å². The van der Waals surface area contributed by atoms with Crippen molar-refractivity contribution < 1.29 is 19.1 Å². The Balaban J connectivity index is 1.81. The number of anilines is 1. The summed E-state index contributed by atoms with van der Waals surface area (Å²) >= 11 is 12.2. The van der Waals surface area contributed by atoms with Gasteiger partial charge in [-0.2, -0.15) is 0 Å². The van der Waals surface area contributed by atoms with E-state index >= 15 is 0 Å². The monoisotopic (exact) mass is 451 g/mol. The zero-order valence-corrected chi connectivity index (χ0v) is 18.4. The minimum atomic E-state index is -0.636. The molecular weight excluding hydrogens is 429 g/mol. The zero-order chi connectivity index (χ0) is 21.7. The number of nitrogens with one attached hydrogen (secondary N) is 2. The summed E-state index contributed by atoms with van der Waals surface area (Å²) in [6.45, 7) is 6.57. The number of hydrogen-bond donors (Lipinski definition) is 2. The molecule has 0 bridgehead atoms. The molecule has 1 amide bonds. The number of pyridine rings is 1. The first-order valence-corrected chi connectivity index (χ1v) is 10.2. The molecule has 3 rings (SSSR count). The quantitative estimate of drug-likeness (QED) is 0.587. The van der Waals surface area contributed by atoms with Crippen LogP contribution in [-0.2, 0) is 4.84 Å². The van der Waals surface area contributed by atoms with Gasteiger partial charge in [-0.25, -0.2) is 0 Å². The van der Waals surface area contributed by atoms with Gasteiger partial charge in [0, 0.05) is 23.7 Å². The number of hydroxylamine groups is 1. The zero-order valence-electron chi connectivity index (χ0n) is 16.9. The van der Waals surface area contributed by atoms with Crippen LogP contribution in [0.5, 0.6) is 11.5 Å². The average Bonchev–Trinajstić information content (AvgIpc) is 3.06. The summed E-state index contributed by atoms with van der Waals surface area (Å²) in [4.78, 5) is 22.2. The van der Waals surface area contributed by atoms with Gasteiger partial charge in [0.25, 0.3) is 5.91 Å². The van der Waals surface area contributed by atoms with E-state index in [4.69, 9.17) is 37.5 Å². The Labute approximate surface area is 185 Å². The van der Waals surface area contributed by atoms with E-state index in [0.717, 1.165) is 12.1 Å². The summed E-state index contributed by atoms with van der Waals surface area (Å²) in [5.41, 5.74) is 3.75. The lowest BCUT2D eigenvalue weighted by Gasteiger charge is -2.22. The maximum atomic E-state index is 12.8. The topological polar surface area (TPSA) is 81.7 Å². The van der Waals surface area contributed by atoms with E-state index in [1.165, 1.54) is 12.4 Å². The van der Waals surface area contributed by atoms with Crippen LogP contribution >= 0.6 is 23.2 Å². The van der Waals surface area contributed by atoms with Gasteiger partial charge < -0.3 is 14.8 Å². The first-order valence-electron chi connectivity index (χ1n) is 9.45. The number of rotatable bonds is 8. The van der Waals surface area contributed by atoms with Crippen molar-refractivity contribution in [3.63, 3.8) is 0 Å². The van der Waals surface area contributed by atoms with E-state index in [-0.39, 0.29) is 16.7 Å². The molecule has 2 aromatic rings. The van der Waals surface area contributed by atoms with Gasteiger partial charge in [-0.15, -0.1) is 0 Å². The van der Waals surface area contributed by atoms with Crippen LogP contribution in [-0.4, -0.2) is 29.7 Å². The average molecular weight is 452 g/mol. The van der Waals surface area contributed by atoms with E-state index in [0.29, 0.717) is 29.4 Å². The molecule has 0 aliphatic carbocycles. The molecule has 1 aliphatic heterocycles. The Bertz CT molecular complexity index is 947. The van der Waals surface area contributed by atoms with Crippen molar-refractivity contribution in [1.82, 2.24) is 10.5 Å². The summed E-state index contributed by atoms with van der Waals surface area (Å²) in [5, 5.41) is 3.20. The van der Waals surface area contributed by atoms with Gasteiger partial charge >= 0.3 is 0 Å². The smallest absolute Gasteiger partial charge is 0.255 e. The van der Waals surface area contributed by atoms with Crippen LogP contribution in [0.2, 0.25) is 10.0 Å². The van der Waals surface area contributed by atoms with Crippen LogP contribution in [0.15, 0.2) is 42.4 Å². The van der Waals surface area contributed by atoms with Gasteiger partial charge in [-0.3, -0.25) is 20.1 Å². The molecule has 2 heterocycles. The number of benzene rings is 1. The van der Waals surface area contributed by atoms with Gasteiger partial charge in [0.05, 0.1) is 22.3 Å². The van der Waals surface area contributed by atoms with Crippen molar-refractivity contribution in [1.29, 1.82) is 0 Å². The van der Waals surface area contributed by atoms with Crippen LogP contribution in [0.3, 0.4) is 0 Å². The van der Waals surface area contributed by atoms with Crippen LogP contribution in [0.4, 0.5) is 5.69 Å². The predicted molar refractivity (Wildman–Crippen MR) is 116 cm³/mol. The number of carbonyl (C=O) groups is 1. The minimum Gasteiger partial charge on any atom is -0.490 e. The van der Waals surface area contributed by atoms with Crippen LogP contribution in [0.1, 0.15) is 37.6 Å². The molecule has 7 nitrogen and oxygen atoms in total. The third-order valence-corrected chi connectivity index (χ3v) is 4.81. The Kier molecular flexibility index (Phi) is 7.07. The number of hydrogen-bond acceptors (Lipinski definition) is 6. The van der Waals surface area contributed by atoms with Crippen molar-refractivity contribution in [2.45, 2.75) is 32.8 Å². The lowest BCUT2D eigenvalue weighted by atomic mass is 10.1.